The van der Waals surface area contributed by atoms with Gasteiger partial charge in [-0.15, -0.1) is 0 Å². The van der Waals surface area contributed by atoms with Gasteiger partial charge < -0.3 is 38.8 Å². The summed E-state index contributed by atoms with van der Waals surface area (Å²) >= 11 is 0. The standard InChI is InChI=1S/C13H12N2O.CH4.5H2O/c14-13(15)7-5-10(6-8-13)12-4-2-1-3-11(12)9-16;;;;;;/h1-8H,14-15H2;1H4;5*1H2. The third kappa shape index (κ3) is 7.04. The molecule has 8 heteroatoms. The van der Waals surface area contributed by atoms with Crippen LogP contribution in [0.25, 0.3) is 5.57 Å². The molecule has 0 heterocycles. The molecule has 128 valence electrons. The van der Waals surface area contributed by atoms with Crippen molar-refractivity contribution in [2.24, 2.45) is 11.5 Å². The molecule has 0 saturated heterocycles. The Balaban J connectivity index is -0.000000161. The summed E-state index contributed by atoms with van der Waals surface area (Å²) in [6, 6.07) is 7.27. The highest BCUT2D eigenvalue weighted by Crippen LogP contribution is 2.10. The van der Waals surface area contributed by atoms with Crippen molar-refractivity contribution in [2.75, 3.05) is 0 Å². The first kappa shape index (κ1) is 32.0. The first-order valence-corrected chi connectivity index (χ1v) is 4.93. The topological polar surface area (TPSA) is 227 Å². The van der Waals surface area contributed by atoms with Crippen molar-refractivity contribution in [1.82, 2.24) is 0 Å². The van der Waals surface area contributed by atoms with Crippen molar-refractivity contribution in [3.8, 4) is 0 Å². The molecule has 0 bridgehead atoms. The number of carbonyl (C=O) groups excluding carboxylic acids is 1. The van der Waals surface area contributed by atoms with Gasteiger partial charge in [0.15, 0.2) is 0 Å². The molecule has 1 aliphatic rings. The largest absolute Gasteiger partial charge is 0.412 e. The molecule has 2 rings (SSSR count). The molecule has 0 aromatic heterocycles. The van der Waals surface area contributed by atoms with Crippen molar-refractivity contribution < 1.29 is 32.2 Å². The predicted octanol–water partition coefficient (Wildman–Crippen LogP) is -4.41. The molecule has 0 atom stereocenters. The third-order valence-electron chi connectivity index (χ3n) is 2.45. The molecular weight excluding hydrogens is 292 g/mol. The lowest BCUT2D eigenvalue weighted by molar-refractivity contribution is 0.567. The summed E-state index contributed by atoms with van der Waals surface area (Å²) in [6.45, 7) is 0. The smallest absolute Gasteiger partial charge is 0.133 e. The Labute approximate surface area is 128 Å². The maximum absolute atomic E-state index is 10.8. The van der Waals surface area contributed by atoms with E-state index in [1.807, 2.05) is 30.2 Å². The zero-order chi connectivity index (χ0) is 11.6. The van der Waals surface area contributed by atoms with Crippen LogP contribution in [-0.2, 0) is 4.79 Å². The van der Waals surface area contributed by atoms with Gasteiger partial charge in [-0.05, 0) is 29.0 Å². The number of nitrogens with two attached hydrogens (primary N) is 2. The summed E-state index contributed by atoms with van der Waals surface area (Å²) in [6.07, 6.45) is 7.03. The minimum absolute atomic E-state index is 0. The van der Waals surface area contributed by atoms with Gasteiger partial charge in [-0.2, -0.15) is 0 Å². The van der Waals surface area contributed by atoms with E-state index in [9.17, 15) is 4.79 Å². The van der Waals surface area contributed by atoms with Gasteiger partial charge in [0.1, 0.15) is 11.6 Å². The average Bonchev–Trinajstić information content (AvgIpc) is 2.29. The molecule has 0 spiro atoms. The Morgan fingerprint density at radius 1 is 0.864 bits per heavy atom. The summed E-state index contributed by atoms with van der Waals surface area (Å²) in [7, 11) is 0. The summed E-state index contributed by atoms with van der Waals surface area (Å²) in [5, 5.41) is 1.37. The molecule has 0 amide bonds. The van der Waals surface area contributed by atoms with Crippen molar-refractivity contribution in [2.45, 2.75) is 13.1 Å². The van der Waals surface area contributed by atoms with Gasteiger partial charge in [-0.25, -0.2) is 4.79 Å². The van der Waals surface area contributed by atoms with Crippen LogP contribution >= 0.6 is 0 Å². The van der Waals surface area contributed by atoms with Crippen LogP contribution in [0.3, 0.4) is 0 Å². The van der Waals surface area contributed by atoms with Gasteiger partial charge in [-0.1, -0.05) is 37.8 Å². The van der Waals surface area contributed by atoms with E-state index in [1.54, 1.807) is 24.3 Å². The van der Waals surface area contributed by atoms with Crippen LogP contribution in [0.2, 0.25) is 0 Å². The second kappa shape index (κ2) is 12.6. The second-order valence-corrected chi connectivity index (χ2v) is 3.77. The lowest BCUT2D eigenvalue weighted by Crippen LogP contribution is -2.46. The Morgan fingerprint density at radius 2 is 1.32 bits per heavy atom. The molecule has 0 saturated carbocycles. The Morgan fingerprint density at radius 3 is 1.77 bits per heavy atom. The van der Waals surface area contributed by atoms with Crippen molar-refractivity contribution in [1.29, 1.82) is 0 Å². The molecule has 0 fully saturated rings. The number of allylic oxidation sites excluding steroid dienone is 2. The van der Waals surface area contributed by atoms with E-state index in [0.717, 1.165) is 10.8 Å². The summed E-state index contributed by atoms with van der Waals surface area (Å²) in [4.78, 5) is 10.8. The molecule has 0 unspecified atom stereocenters. The van der Waals surface area contributed by atoms with E-state index >= 15 is 0 Å². The summed E-state index contributed by atoms with van der Waals surface area (Å²) in [5.74, 6) is 1.91. The number of hydrogen-bond donors (Lipinski definition) is 2. The lowest BCUT2D eigenvalue weighted by Gasteiger charge is -2.18. The summed E-state index contributed by atoms with van der Waals surface area (Å²) < 4.78 is 0. The van der Waals surface area contributed by atoms with Gasteiger partial charge in [0.25, 0.3) is 0 Å². The fraction of sp³-hybridized carbons (Fsp3) is 0.143. The van der Waals surface area contributed by atoms with Crippen molar-refractivity contribution in [3.05, 3.63) is 59.0 Å². The maximum atomic E-state index is 10.8. The van der Waals surface area contributed by atoms with Crippen molar-refractivity contribution in [3.63, 3.8) is 0 Å². The van der Waals surface area contributed by atoms with E-state index in [2.05, 4.69) is 0 Å². The first-order chi connectivity index (χ1) is 7.62. The predicted molar refractivity (Wildman–Crippen MR) is 88.1 cm³/mol. The van der Waals surface area contributed by atoms with Gasteiger partial charge in [0.05, 0.1) is 5.22 Å². The van der Waals surface area contributed by atoms with Crippen LogP contribution in [0, 0.1) is 0 Å². The minimum atomic E-state index is -0.899. The molecular formula is C14H26N2O6. The van der Waals surface area contributed by atoms with E-state index in [1.165, 1.54) is 0 Å². The number of benzene rings is 1. The average molecular weight is 318 g/mol. The molecule has 1 aliphatic carbocycles. The SMILES string of the molecule is C.NC1(N)C=CC(=c2ccccc2=C=O)C=C1.O.O.O.O.O. The molecule has 0 aliphatic heterocycles. The highest BCUT2D eigenvalue weighted by molar-refractivity contribution is 5.70. The highest BCUT2D eigenvalue weighted by Gasteiger charge is 2.13. The van der Waals surface area contributed by atoms with E-state index in [0.29, 0.717) is 5.22 Å². The van der Waals surface area contributed by atoms with Crippen LogP contribution in [0.5, 0.6) is 0 Å². The normalized spacial score (nSPS) is 12.5. The Kier molecular flexibility index (Phi) is 18.3. The molecule has 1 aromatic rings. The second-order valence-electron chi connectivity index (χ2n) is 3.77. The number of hydrogen-bond acceptors (Lipinski definition) is 3. The molecule has 22 heavy (non-hydrogen) atoms. The highest BCUT2D eigenvalue weighted by atomic mass is 16.1. The van der Waals surface area contributed by atoms with Crippen molar-refractivity contribution >= 4 is 11.5 Å². The lowest BCUT2D eigenvalue weighted by atomic mass is 10.00. The molecule has 14 N–H and O–H groups in total. The molecule has 8 nitrogen and oxygen atoms in total. The zero-order valence-electron chi connectivity index (χ0n) is 11.2. The third-order valence-corrected chi connectivity index (χ3v) is 2.45. The van der Waals surface area contributed by atoms with E-state index in [4.69, 9.17) is 11.5 Å². The Bertz CT molecular complexity index is 600. The van der Waals surface area contributed by atoms with Gasteiger partial charge >= 0.3 is 0 Å². The first-order valence-electron chi connectivity index (χ1n) is 4.93. The van der Waals surface area contributed by atoms with Gasteiger partial charge in [0, 0.05) is 0 Å². The van der Waals surface area contributed by atoms with Gasteiger partial charge in [-0.3, -0.25) is 0 Å². The van der Waals surface area contributed by atoms with Crippen LogP contribution in [-0.4, -0.2) is 39.0 Å². The summed E-state index contributed by atoms with van der Waals surface area (Å²) in [5.41, 5.74) is 11.4. The molecule has 0 radical (unpaired) electrons. The van der Waals surface area contributed by atoms with Crippen LogP contribution in [0.1, 0.15) is 7.43 Å². The minimum Gasteiger partial charge on any atom is -0.412 e. The fourth-order valence-electron chi connectivity index (χ4n) is 1.58. The fourth-order valence-corrected chi connectivity index (χ4v) is 1.58. The number of rotatable bonds is 0. The van der Waals surface area contributed by atoms with E-state index in [-0.39, 0.29) is 34.8 Å². The van der Waals surface area contributed by atoms with Gasteiger partial charge in [0.2, 0.25) is 0 Å². The van der Waals surface area contributed by atoms with E-state index < -0.39 is 5.66 Å². The molecule has 1 aromatic carbocycles. The quantitative estimate of drug-likeness (QED) is 0.451. The Hall–Kier alpha value is -2.13. The zero-order valence-corrected chi connectivity index (χ0v) is 11.2. The van der Waals surface area contributed by atoms with Crippen LogP contribution in [0.15, 0.2) is 48.6 Å². The van der Waals surface area contributed by atoms with Crippen LogP contribution < -0.4 is 21.9 Å². The monoisotopic (exact) mass is 318 g/mol. The maximum Gasteiger partial charge on any atom is 0.133 e. The van der Waals surface area contributed by atoms with Crippen LogP contribution in [0.4, 0.5) is 0 Å².